The third-order valence-electron chi connectivity index (χ3n) is 4.69. The average Bonchev–Trinajstić information content (AvgIpc) is 3.30. The molecule has 0 atom stereocenters. The Balaban J connectivity index is 1.87. The summed E-state index contributed by atoms with van der Waals surface area (Å²) < 4.78 is 28.2. The maximum absolute atomic E-state index is 13.6. The van der Waals surface area contributed by atoms with Crippen LogP contribution < -0.4 is 0 Å². The van der Waals surface area contributed by atoms with Crippen LogP contribution in [0.2, 0.25) is 0 Å². The first-order valence-electron chi connectivity index (χ1n) is 8.58. The van der Waals surface area contributed by atoms with Crippen LogP contribution in [-0.4, -0.2) is 38.5 Å². The van der Waals surface area contributed by atoms with Gasteiger partial charge in [-0.25, -0.2) is 18.3 Å². The third kappa shape index (κ3) is 2.83. The number of likely N-dealkylation sites (tertiary alicyclic amines) is 1. The maximum Gasteiger partial charge on any atom is 0.280 e. The van der Waals surface area contributed by atoms with Crippen molar-refractivity contribution in [2.24, 2.45) is 0 Å². The van der Waals surface area contributed by atoms with Gasteiger partial charge in [0.25, 0.3) is 12.3 Å². The Hall–Kier alpha value is -2.83. The van der Waals surface area contributed by atoms with Crippen molar-refractivity contribution in [2.75, 3.05) is 13.1 Å². The first-order chi connectivity index (χ1) is 12.5. The van der Waals surface area contributed by atoms with Crippen LogP contribution in [0.15, 0.2) is 36.5 Å². The molecule has 0 saturated carbocycles. The van der Waals surface area contributed by atoms with E-state index in [0.29, 0.717) is 18.8 Å². The van der Waals surface area contributed by atoms with Gasteiger partial charge in [0.1, 0.15) is 11.3 Å². The van der Waals surface area contributed by atoms with Gasteiger partial charge in [0, 0.05) is 18.7 Å². The number of aromatic nitrogens is 3. The first kappa shape index (κ1) is 16.6. The molecule has 0 unspecified atom stereocenters. The van der Waals surface area contributed by atoms with Gasteiger partial charge in [0.15, 0.2) is 5.65 Å². The molecule has 0 bridgehead atoms. The molecule has 0 spiro atoms. The van der Waals surface area contributed by atoms with Gasteiger partial charge in [0.2, 0.25) is 0 Å². The van der Waals surface area contributed by atoms with Gasteiger partial charge in [-0.2, -0.15) is 5.10 Å². The minimum absolute atomic E-state index is 0.176. The minimum atomic E-state index is -2.72. The molecule has 3 heterocycles. The number of nitrogens with zero attached hydrogens (tertiary/aromatic N) is 4. The highest BCUT2D eigenvalue weighted by Crippen LogP contribution is 2.27. The Morgan fingerprint density at radius 3 is 2.50 bits per heavy atom. The van der Waals surface area contributed by atoms with Gasteiger partial charge < -0.3 is 4.90 Å². The molecule has 3 aromatic rings. The number of halogens is 2. The van der Waals surface area contributed by atoms with E-state index in [1.165, 1.54) is 12.3 Å². The highest BCUT2D eigenvalue weighted by molar-refractivity contribution is 6.00. The molecule has 0 radical (unpaired) electrons. The van der Waals surface area contributed by atoms with E-state index in [2.05, 4.69) is 10.1 Å². The van der Waals surface area contributed by atoms with Crippen LogP contribution in [-0.2, 0) is 0 Å². The number of fused-ring (bicyclic) bond motifs is 1. The molecule has 1 fully saturated rings. The summed E-state index contributed by atoms with van der Waals surface area (Å²) in [5, 5.41) is 4.01. The molecule has 1 aliphatic rings. The highest BCUT2D eigenvalue weighted by atomic mass is 19.3. The van der Waals surface area contributed by atoms with Crippen LogP contribution in [0, 0.1) is 6.92 Å². The zero-order chi connectivity index (χ0) is 18.3. The molecular weight excluding hydrogens is 338 g/mol. The van der Waals surface area contributed by atoms with E-state index in [-0.39, 0.29) is 22.8 Å². The predicted octanol–water partition coefficient (Wildman–Crippen LogP) is 3.88. The molecule has 1 saturated heterocycles. The first-order valence-corrected chi connectivity index (χ1v) is 8.58. The standard InChI is InChI=1S/C19H18F2N4O/c1-12-4-6-13(7-5-12)15-10-16(17(20)21)25-18(23-15)14(11-22-25)19(26)24-8-2-3-9-24/h4-7,10-11,17H,2-3,8-9H2,1H3. The molecule has 7 heteroatoms. The lowest BCUT2D eigenvalue weighted by atomic mass is 10.1. The molecule has 2 aromatic heterocycles. The largest absolute Gasteiger partial charge is 0.338 e. The normalized spacial score (nSPS) is 14.5. The third-order valence-corrected chi connectivity index (χ3v) is 4.69. The lowest BCUT2D eigenvalue weighted by Gasteiger charge is -2.14. The van der Waals surface area contributed by atoms with Crippen molar-refractivity contribution in [1.82, 2.24) is 19.5 Å². The van der Waals surface area contributed by atoms with E-state index in [1.807, 2.05) is 31.2 Å². The van der Waals surface area contributed by atoms with Gasteiger partial charge in [-0.15, -0.1) is 0 Å². The molecule has 1 aromatic carbocycles. The van der Waals surface area contributed by atoms with Crippen LogP contribution in [0.4, 0.5) is 8.78 Å². The number of aryl methyl sites for hydroxylation is 1. The molecule has 1 amide bonds. The quantitative estimate of drug-likeness (QED) is 0.716. The predicted molar refractivity (Wildman–Crippen MR) is 93.3 cm³/mol. The molecule has 0 aliphatic carbocycles. The Morgan fingerprint density at radius 1 is 1.15 bits per heavy atom. The summed E-state index contributed by atoms with van der Waals surface area (Å²) >= 11 is 0. The van der Waals surface area contributed by atoms with E-state index in [1.54, 1.807) is 4.90 Å². The number of rotatable bonds is 3. The van der Waals surface area contributed by atoms with E-state index in [0.717, 1.165) is 28.5 Å². The van der Waals surface area contributed by atoms with Crippen molar-refractivity contribution in [3.8, 4) is 11.3 Å². The fourth-order valence-corrected chi connectivity index (χ4v) is 3.26. The van der Waals surface area contributed by atoms with Crippen LogP contribution in [0.5, 0.6) is 0 Å². The van der Waals surface area contributed by atoms with Crippen molar-refractivity contribution in [3.05, 3.63) is 53.3 Å². The second-order valence-corrected chi connectivity index (χ2v) is 6.53. The van der Waals surface area contributed by atoms with Gasteiger partial charge in [-0.05, 0) is 25.8 Å². The summed E-state index contributed by atoms with van der Waals surface area (Å²) in [4.78, 5) is 19.0. The SMILES string of the molecule is Cc1ccc(-c2cc(C(F)F)n3ncc(C(=O)N4CCCC4)c3n2)cc1. The lowest BCUT2D eigenvalue weighted by molar-refractivity contribution is 0.0794. The van der Waals surface area contributed by atoms with Gasteiger partial charge in [0.05, 0.1) is 11.9 Å². The van der Waals surface area contributed by atoms with E-state index in [9.17, 15) is 13.6 Å². The summed E-state index contributed by atoms with van der Waals surface area (Å²) in [5.74, 6) is -0.203. The Morgan fingerprint density at radius 2 is 1.85 bits per heavy atom. The molecule has 0 N–H and O–H groups in total. The molecule has 4 rings (SSSR count). The second-order valence-electron chi connectivity index (χ2n) is 6.53. The smallest absolute Gasteiger partial charge is 0.280 e. The number of carbonyl (C=O) groups is 1. The molecule has 1 aliphatic heterocycles. The van der Waals surface area contributed by atoms with Crippen molar-refractivity contribution < 1.29 is 13.6 Å². The molecular formula is C19H18F2N4O. The fourth-order valence-electron chi connectivity index (χ4n) is 3.26. The summed E-state index contributed by atoms with van der Waals surface area (Å²) in [7, 11) is 0. The average molecular weight is 356 g/mol. The number of alkyl halides is 2. The second kappa shape index (κ2) is 6.48. The summed E-state index contributed by atoms with van der Waals surface area (Å²) in [5.41, 5.74) is 2.37. The summed E-state index contributed by atoms with van der Waals surface area (Å²) in [6.45, 7) is 3.31. The highest BCUT2D eigenvalue weighted by Gasteiger charge is 2.26. The van der Waals surface area contributed by atoms with Crippen molar-refractivity contribution >= 4 is 11.6 Å². The van der Waals surface area contributed by atoms with Crippen molar-refractivity contribution in [2.45, 2.75) is 26.2 Å². The molecule has 134 valence electrons. The monoisotopic (exact) mass is 356 g/mol. The van der Waals surface area contributed by atoms with Crippen molar-refractivity contribution in [3.63, 3.8) is 0 Å². The van der Waals surface area contributed by atoms with Crippen LogP contribution in [0.3, 0.4) is 0 Å². The van der Waals surface area contributed by atoms with Crippen LogP contribution in [0.1, 0.15) is 40.9 Å². The Labute approximate surface area is 149 Å². The number of hydrogen-bond donors (Lipinski definition) is 0. The fraction of sp³-hybridized carbons (Fsp3) is 0.316. The van der Waals surface area contributed by atoms with Gasteiger partial charge in [-0.3, -0.25) is 4.79 Å². The lowest BCUT2D eigenvalue weighted by Crippen LogP contribution is -2.27. The number of carbonyl (C=O) groups excluding carboxylic acids is 1. The van der Waals surface area contributed by atoms with E-state index >= 15 is 0 Å². The summed E-state index contributed by atoms with van der Waals surface area (Å²) in [6, 6.07) is 8.80. The number of hydrogen-bond acceptors (Lipinski definition) is 3. The maximum atomic E-state index is 13.6. The van der Waals surface area contributed by atoms with Gasteiger partial charge >= 0.3 is 0 Å². The van der Waals surface area contributed by atoms with Gasteiger partial charge in [-0.1, -0.05) is 29.8 Å². The topological polar surface area (TPSA) is 50.5 Å². The Kier molecular flexibility index (Phi) is 4.14. The zero-order valence-corrected chi connectivity index (χ0v) is 14.3. The molecule has 26 heavy (non-hydrogen) atoms. The number of benzene rings is 1. The minimum Gasteiger partial charge on any atom is -0.338 e. The molecule has 5 nitrogen and oxygen atoms in total. The zero-order valence-electron chi connectivity index (χ0n) is 14.3. The van der Waals surface area contributed by atoms with Crippen molar-refractivity contribution in [1.29, 1.82) is 0 Å². The van der Waals surface area contributed by atoms with E-state index in [4.69, 9.17) is 0 Å². The number of amides is 1. The van der Waals surface area contributed by atoms with E-state index < -0.39 is 6.43 Å². The summed E-state index contributed by atoms with van der Waals surface area (Å²) in [6.07, 6.45) is 0.526. The van der Waals surface area contributed by atoms with Crippen LogP contribution in [0.25, 0.3) is 16.9 Å². The van der Waals surface area contributed by atoms with Crippen LogP contribution >= 0.6 is 0 Å². The Bertz CT molecular complexity index is 960.